The minimum absolute atomic E-state index is 0.156. The van der Waals surface area contributed by atoms with Gasteiger partial charge in [-0.15, -0.1) is 0 Å². The highest BCUT2D eigenvalue weighted by Gasteiger charge is 2.16. The number of methoxy groups -OCH3 is 2. The first-order valence-electron chi connectivity index (χ1n) is 9.76. The van der Waals surface area contributed by atoms with Gasteiger partial charge in [0.25, 0.3) is 0 Å². The van der Waals surface area contributed by atoms with E-state index in [1.165, 1.54) is 0 Å². The zero-order valence-electron chi connectivity index (χ0n) is 18.9. The lowest BCUT2D eigenvalue weighted by atomic mass is 9.96. The number of benzene rings is 1. The minimum Gasteiger partial charge on any atom is -0.508 e. The Labute approximate surface area is 167 Å². The third-order valence-corrected chi connectivity index (χ3v) is 2.93. The van der Waals surface area contributed by atoms with Gasteiger partial charge in [-0.2, -0.15) is 0 Å². The Balaban J connectivity index is -0.000000384. The molecule has 0 saturated carbocycles. The van der Waals surface area contributed by atoms with Crippen LogP contribution in [-0.2, 0) is 25.4 Å². The van der Waals surface area contributed by atoms with E-state index < -0.39 is 0 Å². The van der Waals surface area contributed by atoms with E-state index in [2.05, 4.69) is 13.8 Å². The smallest absolute Gasteiger partial charge is 0.306 e. The molecule has 0 saturated heterocycles. The van der Waals surface area contributed by atoms with Crippen LogP contribution in [0.5, 0.6) is 5.75 Å². The third kappa shape index (κ3) is 20.6. The molecular weight excluding hydrogens is 344 g/mol. The maximum Gasteiger partial charge on any atom is 0.306 e. The molecule has 0 bridgehead atoms. The van der Waals surface area contributed by atoms with Crippen LogP contribution in [0.2, 0.25) is 0 Å². The van der Waals surface area contributed by atoms with E-state index in [1.807, 2.05) is 27.7 Å². The maximum absolute atomic E-state index is 11.0. The molecule has 0 aromatic heterocycles. The van der Waals surface area contributed by atoms with Crippen molar-refractivity contribution >= 4 is 5.97 Å². The number of phenols is 1. The molecule has 27 heavy (non-hydrogen) atoms. The summed E-state index contributed by atoms with van der Waals surface area (Å²) in [5.74, 6) is 0.0606. The Morgan fingerprint density at radius 3 is 1.78 bits per heavy atom. The molecule has 0 aliphatic heterocycles. The number of phenolic OH excluding ortho intramolecular Hbond substituents is 1. The largest absolute Gasteiger partial charge is 0.508 e. The Bertz CT molecular complexity index is 419. The Hall–Kier alpha value is -1.59. The molecule has 0 heterocycles. The second kappa shape index (κ2) is 20.7. The van der Waals surface area contributed by atoms with Crippen molar-refractivity contribution in [1.29, 1.82) is 0 Å². The summed E-state index contributed by atoms with van der Waals surface area (Å²) in [6.07, 6.45) is 1.04. The molecule has 0 amide bonds. The first-order chi connectivity index (χ1) is 12.8. The molecule has 1 N–H and O–H groups in total. The normalized spacial score (nSPS) is 9.52. The number of aromatic hydroxyl groups is 1. The Morgan fingerprint density at radius 2 is 1.41 bits per heavy atom. The number of ether oxygens (including phenoxy) is 3. The van der Waals surface area contributed by atoms with Crippen LogP contribution in [0.1, 0.15) is 60.5 Å². The number of hydrogen-bond acceptors (Lipinski definition) is 5. The lowest BCUT2D eigenvalue weighted by Crippen LogP contribution is -2.23. The average molecular weight is 387 g/mol. The van der Waals surface area contributed by atoms with Crippen molar-refractivity contribution in [3.05, 3.63) is 29.8 Å². The topological polar surface area (TPSA) is 65.0 Å². The second-order valence-corrected chi connectivity index (χ2v) is 6.00. The molecule has 160 valence electrons. The quantitative estimate of drug-likeness (QED) is 0.619. The van der Waals surface area contributed by atoms with Gasteiger partial charge < -0.3 is 19.3 Å². The van der Waals surface area contributed by atoms with E-state index in [0.29, 0.717) is 19.4 Å². The van der Waals surface area contributed by atoms with Crippen molar-refractivity contribution in [2.75, 3.05) is 34.0 Å². The van der Waals surface area contributed by atoms with Gasteiger partial charge in [-0.25, -0.2) is 0 Å². The van der Waals surface area contributed by atoms with E-state index in [4.69, 9.17) is 19.3 Å². The molecule has 1 rings (SSSR count). The van der Waals surface area contributed by atoms with Gasteiger partial charge >= 0.3 is 5.97 Å². The first-order valence-corrected chi connectivity index (χ1v) is 9.76. The van der Waals surface area contributed by atoms with Crippen LogP contribution in [0, 0.1) is 5.41 Å². The van der Waals surface area contributed by atoms with Gasteiger partial charge in [-0.05, 0) is 31.0 Å². The number of carbonyl (C=O) groups excluding carboxylic acids is 1. The molecule has 0 aliphatic rings. The summed E-state index contributed by atoms with van der Waals surface area (Å²) in [5, 5.41) is 9.03. The number of carbonyl (C=O) groups is 1. The SMILES string of the molecule is CC.CC.CCOC(=O)CCc1ccc(O)cc1.COCC(C)(C)COC. The van der Waals surface area contributed by atoms with Gasteiger partial charge in [0.15, 0.2) is 0 Å². The summed E-state index contributed by atoms with van der Waals surface area (Å²) in [6, 6.07) is 6.82. The van der Waals surface area contributed by atoms with Crippen LogP contribution in [0.25, 0.3) is 0 Å². The fourth-order valence-corrected chi connectivity index (χ4v) is 1.97. The third-order valence-electron chi connectivity index (χ3n) is 2.93. The summed E-state index contributed by atoms with van der Waals surface area (Å²) in [4.78, 5) is 11.0. The summed E-state index contributed by atoms with van der Waals surface area (Å²) in [7, 11) is 3.41. The van der Waals surface area contributed by atoms with Gasteiger partial charge in [-0.1, -0.05) is 53.7 Å². The number of hydrogen-bond donors (Lipinski definition) is 1. The molecule has 0 unspecified atom stereocenters. The number of esters is 1. The highest BCUT2D eigenvalue weighted by Crippen LogP contribution is 2.14. The van der Waals surface area contributed by atoms with Crippen molar-refractivity contribution in [3.63, 3.8) is 0 Å². The standard InChI is InChI=1S/C11H14O3.C7H16O2.2C2H6/c1-2-14-11(13)8-5-9-3-6-10(12)7-4-9;1-7(2,5-8-3)6-9-4;2*1-2/h3-4,6-7,12H,2,5,8H2,1H3;5-6H2,1-4H3;2*1-2H3. The van der Waals surface area contributed by atoms with E-state index in [9.17, 15) is 4.79 Å². The molecule has 0 radical (unpaired) electrons. The van der Waals surface area contributed by atoms with E-state index in [1.54, 1.807) is 45.4 Å². The maximum atomic E-state index is 11.0. The van der Waals surface area contributed by atoms with Crippen LogP contribution in [0.3, 0.4) is 0 Å². The Morgan fingerprint density at radius 1 is 0.963 bits per heavy atom. The van der Waals surface area contributed by atoms with Crippen LogP contribution in [-0.4, -0.2) is 45.1 Å². The zero-order valence-corrected chi connectivity index (χ0v) is 18.9. The fourth-order valence-electron chi connectivity index (χ4n) is 1.97. The zero-order chi connectivity index (χ0) is 21.7. The lowest BCUT2D eigenvalue weighted by Gasteiger charge is -2.21. The number of aryl methyl sites for hydroxylation is 1. The minimum atomic E-state index is -0.180. The molecule has 0 atom stereocenters. The molecule has 1 aromatic rings. The van der Waals surface area contributed by atoms with Crippen molar-refractivity contribution < 1.29 is 24.1 Å². The summed E-state index contributed by atoms with van der Waals surface area (Å²) in [5.41, 5.74) is 1.18. The van der Waals surface area contributed by atoms with Gasteiger partial charge in [0.05, 0.1) is 19.8 Å². The number of rotatable bonds is 8. The molecule has 0 fully saturated rings. The lowest BCUT2D eigenvalue weighted by molar-refractivity contribution is -0.143. The van der Waals surface area contributed by atoms with Crippen LogP contribution < -0.4 is 0 Å². The second-order valence-electron chi connectivity index (χ2n) is 6.00. The van der Waals surface area contributed by atoms with Crippen molar-refractivity contribution in [2.24, 2.45) is 5.41 Å². The van der Waals surface area contributed by atoms with Gasteiger partial charge in [-0.3, -0.25) is 4.79 Å². The highest BCUT2D eigenvalue weighted by molar-refractivity contribution is 5.69. The average Bonchev–Trinajstić information content (AvgIpc) is 2.65. The van der Waals surface area contributed by atoms with E-state index in [-0.39, 0.29) is 17.1 Å². The predicted octanol–water partition coefficient (Wildman–Crippen LogP) is 5.25. The van der Waals surface area contributed by atoms with Crippen molar-refractivity contribution in [1.82, 2.24) is 0 Å². The van der Waals surface area contributed by atoms with Crippen molar-refractivity contribution in [3.8, 4) is 5.75 Å². The first kappa shape index (κ1) is 30.1. The summed E-state index contributed by atoms with van der Waals surface area (Å²) >= 11 is 0. The van der Waals surface area contributed by atoms with Crippen LogP contribution in [0.15, 0.2) is 24.3 Å². The van der Waals surface area contributed by atoms with Gasteiger partial charge in [0.1, 0.15) is 5.75 Å². The molecule has 0 aliphatic carbocycles. The predicted molar refractivity (Wildman–Crippen MR) is 113 cm³/mol. The van der Waals surface area contributed by atoms with Gasteiger partial charge in [0, 0.05) is 26.1 Å². The molecular formula is C22H42O5. The molecule has 0 spiro atoms. The van der Waals surface area contributed by atoms with E-state index in [0.717, 1.165) is 18.8 Å². The monoisotopic (exact) mass is 386 g/mol. The molecule has 1 aromatic carbocycles. The Kier molecular flexibility index (Phi) is 23.1. The summed E-state index contributed by atoms with van der Waals surface area (Å²) in [6.45, 7) is 15.9. The molecule has 5 heteroatoms. The van der Waals surface area contributed by atoms with Crippen LogP contribution >= 0.6 is 0 Å². The fraction of sp³-hybridized carbons (Fsp3) is 0.682. The van der Waals surface area contributed by atoms with E-state index >= 15 is 0 Å². The van der Waals surface area contributed by atoms with Gasteiger partial charge in [0.2, 0.25) is 0 Å². The van der Waals surface area contributed by atoms with Crippen LogP contribution in [0.4, 0.5) is 0 Å². The van der Waals surface area contributed by atoms with Crippen molar-refractivity contribution in [2.45, 2.75) is 61.3 Å². The molecule has 5 nitrogen and oxygen atoms in total. The summed E-state index contributed by atoms with van der Waals surface area (Å²) < 4.78 is 14.8. The highest BCUT2D eigenvalue weighted by atomic mass is 16.5.